The minimum absolute atomic E-state index is 0.154. The second-order valence-electron chi connectivity index (χ2n) is 8.25. The molecule has 29 heavy (non-hydrogen) atoms. The van der Waals surface area contributed by atoms with Crippen LogP contribution in [0.25, 0.3) is 11.2 Å². The number of nitrogens with zero attached hydrogens (tertiary/aromatic N) is 6. The maximum atomic E-state index is 12.9. The Hall–Kier alpha value is -2.28. The number of hydrogen-bond donors (Lipinski definition) is 0. The summed E-state index contributed by atoms with van der Waals surface area (Å²) in [4.78, 5) is 33.6. The van der Waals surface area contributed by atoms with Crippen molar-refractivity contribution in [1.82, 2.24) is 24.8 Å². The molecule has 2 saturated heterocycles. The number of aryl methyl sites for hydroxylation is 2. The SMILES string of the molecule is CCc1nc2cc(N3CCC(C(=O)N4CCN(C)CC4)CC3)cnc2nc1CC. The van der Waals surface area contributed by atoms with E-state index in [0.717, 1.165) is 93.2 Å². The Morgan fingerprint density at radius 2 is 1.66 bits per heavy atom. The standard InChI is InChI=1S/C22H32N6O/c1-4-18-19(5-2)25-21-20(24-18)14-17(15-23-21)27-8-6-16(7-9-27)22(29)28-12-10-26(3)11-13-28/h14-16H,4-13H2,1-3H3. The number of hydrogen-bond acceptors (Lipinski definition) is 6. The fourth-order valence-corrected chi connectivity index (χ4v) is 4.41. The normalized spacial score (nSPS) is 19.1. The van der Waals surface area contributed by atoms with Crippen LogP contribution >= 0.6 is 0 Å². The highest BCUT2D eigenvalue weighted by atomic mass is 16.2. The lowest BCUT2D eigenvalue weighted by atomic mass is 9.94. The fraction of sp³-hybridized carbons (Fsp3) is 0.636. The summed E-state index contributed by atoms with van der Waals surface area (Å²) in [6.07, 6.45) is 5.49. The number of fused-ring (bicyclic) bond motifs is 1. The van der Waals surface area contributed by atoms with Crippen LogP contribution in [0.4, 0.5) is 5.69 Å². The van der Waals surface area contributed by atoms with Crippen LogP contribution in [0.5, 0.6) is 0 Å². The molecule has 0 atom stereocenters. The highest BCUT2D eigenvalue weighted by Crippen LogP contribution is 2.26. The van der Waals surface area contributed by atoms with Crippen molar-refractivity contribution in [1.29, 1.82) is 0 Å². The number of rotatable bonds is 4. The summed E-state index contributed by atoms with van der Waals surface area (Å²) in [6, 6.07) is 2.11. The molecule has 0 unspecified atom stereocenters. The second kappa shape index (κ2) is 8.61. The summed E-state index contributed by atoms with van der Waals surface area (Å²) in [5.74, 6) is 0.501. The fourth-order valence-electron chi connectivity index (χ4n) is 4.41. The van der Waals surface area contributed by atoms with E-state index in [4.69, 9.17) is 9.97 Å². The Morgan fingerprint density at radius 1 is 1.00 bits per heavy atom. The zero-order valence-corrected chi connectivity index (χ0v) is 17.9. The van der Waals surface area contributed by atoms with Crippen LogP contribution in [0.3, 0.4) is 0 Å². The molecule has 0 radical (unpaired) electrons. The number of anilines is 1. The van der Waals surface area contributed by atoms with Gasteiger partial charge in [-0.3, -0.25) is 4.79 Å². The average Bonchev–Trinajstić information content (AvgIpc) is 2.78. The summed E-state index contributed by atoms with van der Waals surface area (Å²) in [6.45, 7) is 9.69. The van der Waals surface area contributed by atoms with Crippen molar-refractivity contribution in [2.75, 3.05) is 51.2 Å². The Bertz CT molecular complexity index is 869. The van der Waals surface area contributed by atoms with Crippen molar-refractivity contribution in [2.45, 2.75) is 39.5 Å². The first-order chi connectivity index (χ1) is 14.1. The zero-order chi connectivity index (χ0) is 20.4. The Labute approximate surface area is 173 Å². The predicted molar refractivity (Wildman–Crippen MR) is 115 cm³/mol. The van der Waals surface area contributed by atoms with Crippen LogP contribution in [0, 0.1) is 5.92 Å². The van der Waals surface area contributed by atoms with Gasteiger partial charge in [-0.05, 0) is 38.8 Å². The summed E-state index contributed by atoms with van der Waals surface area (Å²) in [5, 5.41) is 0. The number of amides is 1. The molecule has 0 aromatic carbocycles. The quantitative estimate of drug-likeness (QED) is 0.789. The summed E-state index contributed by atoms with van der Waals surface area (Å²) in [5.41, 5.74) is 4.79. The second-order valence-corrected chi connectivity index (χ2v) is 8.25. The molecule has 2 aliphatic heterocycles. The molecule has 2 aromatic rings. The molecule has 0 spiro atoms. The molecule has 1 amide bonds. The van der Waals surface area contributed by atoms with E-state index in [2.05, 4.69) is 46.6 Å². The molecule has 2 fully saturated rings. The van der Waals surface area contributed by atoms with Crippen molar-refractivity contribution < 1.29 is 4.79 Å². The van der Waals surface area contributed by atoms with E-state index < -0.39 is 0 Å². The lowest BCUT2D eigenvalue weighted by Crippen LogP contribution is -2.50. The van der Waals surface area contributed by atoms with Gasteiger partial charge in [0.15, 0.2) is 5.65 Å². The summed E-state index contributed by atoms with van der Waals surface area (Å²) >= 11 is 0. The van der Waals surface area contributed by atoms with Gasteiger partial charge in [0.05, 0.1) is 23.3 Å². The van der Waals surface area contributed by atoms with E-state index in [1.165, 1.54) is 0 Å². The Morgan fingerprint density at radius 3 is 2.31 bits per heavy atom. The van der Waals surface area contributed by atoms with Gasteiger partial charge in [-0.1, -0.05) is 13.8 Å². The van der Waals surface area contributed by atoms with Crippen LogP contribution < -0.4 is 4.90 Å². The van der Waals surface area contributed by atoms with E-state index >= 15 is 0 Å². The van der Waals surface area contributed by atoms with Gasteiger partial charge in [0.1, 0.15) is 5.52 Å². The van der Waals surface area contributed by atoms with Crippen LogP contribution in [-0.4, -0.2) is 77.0 Å². The highest BCUT2D eigenvalue weighted by Gasteiger charge is 2.30. The van der Waals surface area contributed by atoms with Crippen molar-refractivity contribution in [3.8, 4) is 0 Å². The smallest absolute Gasteiger partial charge is 0.225 e. The predicted octanol–water partition coefficient (Wildman–Crippen LogP) is 2.14. The van der Waals surface area contributed by atoms with Crippen LogP contribution in [0.2, 0.25) is 0 Å². The maximum absolute atomic E-state index is 12.9. The minimum Gasteiger partial charge on any atom is -0.370 e. The first kappa shape index (κ1) is 20.0. The van der Waals surface area contributed by atoms with Gasteiger partial charge in [-0.15, -0.1) is 0 Å². The maximum Gasteiger partial charge on any atom is 0.225 e. The molecule has 7 nitrogen and oxygen atoms in total. The van der Waals surface area contributed by atoms with Gasteiger partial charge < -0.3 is 14.7 Å². The largest absolute Gasteiger partial charge is 0.370 e. The van der Waals surface area contributed by atoms with Gasteiger partial charge in [-0.25, -0.2) is 15.0 Å². The van der Waals surface area contributed by atoms with Gasteiger partial charge in [-0.2, -0.15) is 0 Å². The van der Waals surface area contributed by atoms with Crippen LogP contribution in [-0.2, 0) is 17.6 Å². The third-order valence-electron chi connectivity index (χ3n) is 6.36. The molecular formula is C22H32N6O. The first-order valence-electron chi connectivity index (χ1n) is 11.0. The summed E-state index contributed by atoms with van der Waals surface area (Å²) < 4.78 is 0. The van der Waals surface area contributed by atoms with E-state index in [9.17, 15) is 4.79 Å². The van der Waals surface area contributed by atoms with E-state index in [1.54, 1.807) is 0 Å². The van der Waals surface area contributed by atoms with Gasteiger partial charge in [0.25, 0.3) is 0 Å². The molecule has 7 heteroatoms. The molecule has 2 aromatic heterocycles. The van der Waals surface area contributed by atoms with Gasteiger partial charge in [0, 0.05) is 45.2 Å². The highest BCUT2D eigenvalue weighted by molar-refractivity contribution is 5.79. The van der Waals surface area contributed by atoms with Crippen molar-refractivity contribution in [2.24, 2.45) is 5.92 Å². The molecule has 0 bridgehead atoms. The third kappa shape index (κ3) is 4.20. The lowest BCUT2D eigenvalue weighted by molar-refractivity contribution is -0.137. The zero-order valence-electron chi connectivity index (χ0n) is 17.9. The topological polar surface area (TPSA) is 65.5 Å². The third-order valence-corrected chi connectivity index (χ3v) is 6.36. The number of carbonyl (C=O) groups is 1. The monoisotopic (exact) mass is 396 g/mol. The molecule has 156 valence electrons. The molecule has 4 heterocycles. The van der Waals surface area contributed by atoms with Gasteiger partial charge in [0.2, 0.25) is 5.91 Å². The molecule has 2 aliphatic rings. The molecule has 0 N–H and O–H groups in total. The van der Waals surface area contributed by atoms with Crippen LogP contribution in [0.1, 0.15) is 38.1 Å². The number of piperazine rings is 1. The summed E-state index contributed by atoms with van der Waals surface area (Å²) in [7, 11) is 2.12. The van der Waals surface area contributed by atoms with Gasteiger partial charge >= 0.3 is 0 Å². The molecule has 4 rings (SSSR count). The first-order valence-corrected chi connectivity index (χ1v) is 11.0. The Balaban J connectivity index is 1.42. The number of carbonyl (C=O) groups excluding carboxylic acids is 1. The Kier molecular flexibility index (Phi) is 5.94. The number of aromatic nitrogens is 3. The average molecular weight is 397 g/mol. The number of pyridine rings is 1. The molecular weight excluding hydrogens is 364 g/mol. The van der Waals surface area contributed by atoms with Crippen molar-refractivity contribution in [3.05, 3.63) is 23.7 Å². The van der Waals surface area contributed by atoms with Crippen LogP contribution in [0.15, 0.2) is 12.3 Å². The number of piperidine rings is 1. The lowest BCUT2D eigenvalue weighted by Gasteiger charge is -2.38. The van der Waals surface area contributed by atoms with E-state index in [1.807, 2.05) is 6.20 Å². The molecule has 0 saturated carbocycles. The van der Waals surface area contributed by atoms with Crippen molar-refractivity contribution >= 4 is 22.8 Å². The van der Waals surface area contributed by atoms with Crippen molar-refractivity contribution in [3.63, 3.8) is 0 Å². The molecule has 0 aliphatic carbocycles. The van der Waals surface area contributed by atoms with E-state index in [0.29, 0.717) is 5.91 Å². The minimum atomic E-state index is 0.154. The van der Waals surface area contributed by atoms with E-state index in [-0.39, 0.29) is 5.92 Å². The number of likely N-dealkylation sites (N-methyl/N-ethyl adjacent to an activating group) is 1.